The molecule has 0 N–H and O–H groups in total. The van der Waals surface area contributed by atoms with Gasteiger partial charge in [-0.1, -0.05) is 11.8 Å². The van der Waals surface area contributed by atoms with Gasteiger partial charge >= 0.3 is 5.97 Å². The number of carbonyl (C=O) groups is 1. The van der Waals surface area contributed by atoms with Crippen LogP contribution in [-0.2, 0) is 4.74 Å². The van der Waals surface area contributed by atoms with E-state index >= 15 is 0 Å². The number of fused-ring (bicyclic) bond motifs is 1. The molecule has 0 radical (unpaired) electrons. The molecule has 1 aliphatic rings. The molecule has 0 saturated heterocycles. The lowest BCUT2D eigenvalue weighted by Crippen LogP contribution is -2.15. The fraction of sp³-hybridized carbons (Fsp3) is 0.214. The molecule has 6 nitrogen and oxygen atoms in total. The first kappa shape index (κ1) is 13.7. The third-order valence-corrected chi connectivity index (χ3v) is 3.64. The number of carbonyl (C=O) groups excluding carboxylic acids is 1. The molecular weight excluding hydrogens is 292 g/mol. The van der Waals surface area contributed by atoms with E-state index in [1.165, 1.54) is 25.1 Å². The summed E-state index contributed by atoms with van der Waals surface area (Å²) < 4.78 is 15.6. The Morgan fingerprint density at radius 1 is 1.24 bits per heavy atom. The first-order valence-electron chi connectivity index (χ1n) is 6.24. The molecule has 0 fully saturated rings. The highest BCUT2D eigenvalue weighted by molar-refractivity contribution is 7.99. The van der Waals surface area contributed by atoms with Gasteiger partial charge in [0.25, 0.3) is 0 Å². The second kappa shape index (κ2) is 6.01. The zero-order valence-electron chi connectivity index (χ0n) is 11.2. The molecular formula is C14H12N2O4S. The number of rotatable bonds is 3. The van der Waals surface area contributed by atoms with Crippen molar-refractivity contribution in [3.8, 4) is 11.5 Å². The van der Waals surface area contributed by atoms with Crippen molar-refractivity contribution in [1.82, 2.24) is 9.97 Å². The number of hydrogen-bond acceptors (Lipinski definition) is 7. The van der Waals surface area contributed by atoms with E-state index in [1.807, 2.05) is 18.2 Å². The minimum Gasteiger partial charge on any atom is -0.486 e. The zero-order valence-corrected chi connectivity index (χ0v) is 12.1. The van der Waals surface area contributed by atoms with Crippen molar-refractivity contribution in [1.29, 1.82) is 0 Å². The van der Waals surface area contributed by atoms with E-state index in [2.05, 4.69) is 14.7 Å². The van der Waals surface area contributed by atoms with Gasteiger partial charge in [0.15, 0.2) is 17.2 Å². The zero-order chi connectivity index (χ0) is 14.7. The minimum absolute atomic E-state index is 0.181. The molecule has 0 saturated carbocycles. The van der Waals surface area contributed by atoms with E-state index in [9.17, 15) is 4.79 Å². The van der Waals surface area contributed by atoms with E-state index in [4.69, 9.17) is 9.47 Å². The van der Waals surface area contributed by atoms with Crippen LogP contribution in [0.25, 0.3) is 0 Å². The number of hydrogen-bond donors (Lipinski definition) is 0. The molecule has 0 amide bonds. The van der Waals surface area contributed by atoms with Crippen LogP contribution in [0.2, 0.25) is 0 Å². The first-order chi connectivity index (χ1) is 10.3. The van der Waals surface area contributed by atoms with Crippen LogP contribution in [0, 0.1) is 0 Å². The summed E-state index contributed by atoms with van der Waals surface area (Å²) in [6, 6.07) is 5.64. The van der Waals surface area contributed by atoms with Gasteiger partial charge in [0, 0.05) is 4.90 Å². The summed E-state index contributed by atoms with van der Waals surface area (Å²) in [7, 11) is 1.31. The number of ether oxygens (including phenoxy) is 3. The van der Waals surface area contributed by atoms with Crippen molar-refractivity contribution in [3.63, 3.8) is 0 Å². The molecule has 0 atom stereocenters. The summed E-state index contributed by atoms with van der Waals surface area (Å²) in [6.45, 7) is 1.10. The monoisotopic (exact) mass is 304 g/mol. The number of nitrogens with zero attached hydrogens (tertiary/aromatic N) is 2. The fourth-order valence-corrected chi connectivity index (χ4v) is 2.61. The Balaban J connectivity index is 1.82. The van der Waals surface area contributed by atoms with Crippen LogP contribution in [0.1, 0.15) is 10.5 Å². The number of benzene rings is 1. The third-order valence-electron chi connectivity index (χ3n) is 2.74. The lowest BCUT2D eigenvalue weighted by Gasteiger charge is -2.18. The standard InChI is InChI=1S/C14H12N2O4S/c1-18-14(17)10-7-15-8-13(16-10)21-9-2-3-11-12(6-9)20-5-4-19-11/h2-3,6-8H,4-5H2,1H3. The summed E-state index contributed by atoms with van der Waals surface area (Å²) >= 11 is 1.39. The van der Waals surface area contributed by atoms with Crippen LogP contribution >= 0.6 is 11.8 Å². The molecule has 0 bridgehead atoms. The molecule has 1 aromatic carbocycles. The number of aromatic nitrogens is 2. The summed E-state index contributed by atoms with van der Waals surface area (Å²) in [5, 5.41) is 0.606. The van der Waals surface area contributed by atoms with Crippen LogP contribution in [0.15, 0.2) is 40.5 Å². The maximum atomic E-state index is 11.4. The smallest absolute Gasteiger partial charge is 0.358 e. The fourth-order valence-electron chi connectivity index (χ4n) is 1.81. The lowest BCUT2D eigenvalue weighted by atomic mass is 10.3. The topological polar surface area (TPSA) is 70.5 Å². The summed E-state index contributed by atoms with van der Waals surface area (Å²) in [4.78, 5) is 20.6. The van der Waals surface area contributed by atoms with E-state index in [1.54, 1.807) is 6.20 Å². The van der Waals surface area contributed by atoms with Gasteiger partial charge in [0.2, 0.25) is 0 Å². The van der Waals surface area contributed by atoms with Gasteiger partial charge in [0.05, 0.1) is 19.5 Å². The van der Waals surface area contributed by atoms with Gasteiger partial charge in [0.1, 0.15) is 18.2 Å². The molecule has 1 aliphatic heterocycles. The molecule has 0 unspecified atom stereocenters. The molecule has 2 aromatic rings. The Kier molecular flexibility index (Phi) is 3.92. The van der Waals surface area contributed by atoms with Crippen molar-refractivity contribution in [2.24, 2.45) is 0 Å². The van der Waals surface area contributed by atoms with Crippen molar-refractivity contribution in [2.45, 2.75) is 9.92 Å². The average molecular weight is 304 g/mol. The minimum atomic E-state index is -0.507. The van der Waals surface area contributed by atoms with Gasteiger partial charge in [-0.05, 0) is 18.2 Å². The van der Waals surface area contributed by atoms with Crippen molar-refractivity contribution < 1.29 is 19.0 Å². The summed E-state index contributed by atoms with van der Waals surface area (Å²) in [6.07, 6.45) is 2.97. The molecule has 21 heavy (non-hydrogen) atoms. The van der Waals surface area contributed by atoms with Crippen LogP contribution in [-0.4, -0.2) is 36.3 Å². The van der Waals surface area contributed by atoms with Crippen LogP contribution in [0.4, 0.5) is 0 Å². The molecule has 0 spiro atoms. The van der Waals surface area contributed by atoms with E-state index in [0.717, 1.165) is 10.6 Å². The predicted octanol–water partition coefficient (Wildman–Crippen LogP) is 2.19. The summed E-state index contributed by atoms with van der Waals surface area (Å²) in [5.74, 6) is 0.940. The number of esters is 1. The van der Waals surface area contributed by atoms with Crippen molar-refractivity contribution in [3.05, 3.63) is 36.3 Å². The van der Waals surface area contributed by atoms with E-state index < -0.39 is 5.97 Å². The average Bonchev–Trinajstić information content (AvgIpc) is 2.54. The van der Waals surface area contributed by atoms with E-state index in [0.29, 0.717) is 24.0 Å². The molecule has 0 aliphatic carbocycles. The Morgan fingerprint density at radius 2 is 2.05 bits per heavy atom. The largest absolute Gasteiger partial charge is 0.486 e. The first-order valence-corrected chi connectivity index (χ1v) is 7.06. The quantitative estimate of drug-likeness (QED) is 0.805. The highest BCUT2D eigenvalue weighted by Crippen LogP contribution is 2.36. The Bertz CT molecular complexity index is 678. The van der Waals surface area contributed by atoms with Crippen LogP contribution in [0.5, 0.6) is 11.5 Å². The van der Waals surface area contributed by atoms with Gasteiger partial charge in [-0.15, -0.1) is 0 Å². The van der Waals surface area contributed by atoms with Crippen molar-refractivity contribution >= 4 is 17.7 Å². The van der Waals surface area contributed by atoms with E-state index in [-0.39, 0.29) is 5.69 Å². The number of methoxy groups -OCH3 is 1. The molecule has 2 heterocycles. The van der Waals surface area contributed by atoms with Gasteiger partial charge < -0.3 is 14.2 Å². The Labute approximate surface area is 125 Å². The maximum Gasteiger partial charge on any atom is 0.358 e. The second-order valence-electron chi connectivity index (χ2n) is 4.14. The molecule has 7 heteroatoms. The van der Waals surface area contributed by atoms with Crippen molar-refractivity contribution in [2.75, 3.05) is 20.3 Å². The van der Waals surface area contributed by atoms with Gasteiger partial charge in [-0.25, -0.2) is 9.78 Å². The van der Waals surface area contributed by atoms with Gasteiger partial charge in [-0.3, -0.25) is 4.98 Å². The SMILES string of the molecule is COC(=O)c1cncc(Sc2ccc3c(c2)OCCO3)n1. The third kappa shape index (κ3) is 3.08. The summed E-state index contributed by atoms with van der Waals surface area (Å²) in [5.41, 5.74) is 0.181. The highest BCUT2D eigenvalue weighted by Gasteiger charge is 2.13. The Morgan fingerprint density at radius 3 is 2.86 bits per heavy atom. The lowest BCUT2D eigenvalue weighted by molar-refractivity contribution is 0.0592. The molecule has 108 valence electrons. The second-order valence-corrected chi connectivity index (χ2v) is 5.24. The van der Waals surface area contributed by atoms with Crippen LogP contribution < -0.4 is 9.47 Å². The van der Waals surface area contributed by atoms with Gasteiger partial charge in [-0.2, -0.15) is 0 Å². The molecule has 1 aromatic heterocycles. The normalized spacial score (nSPS) is 12.8. The Hall–Kier alpha value is -2.28. The van der Waals surface area contributed by atoms with Crippen LogP contribution in [0.3, 0.4) is 0 Å². The molecule has 3 rings (SSSR count). The maximum absolute atomic E-state index is 11.4. The highest BCUT2D eigenvalue weighted by atomic mass is 32.2. The predicted molar refractivity (Wildman–Crippen MR) is 74.9 cm³/mol.